The van der Waals surface area contributed by atoms with Gasteiger partial charge < -0.3 is 14.5 Å². The Balaban J connectivity index is 2.30. The summed E-state index contributed by atoms with van der Waals surface area (Å²) in [5.74, 6) is -0.525. The van der Waals surface area contributed by atoms with Gasteiger partial charge in [0, 0.05) is 10.9 Å². The molecule has 0 bridgehead atoms. The smallest absolute Gasteiger partial charge is 0.411 e. The largest absolute Gasteiger partial charge is 0.455 e. The van der Waals surface area contributed by atoms with Crippen molar-refractivity contribution in [2.24, 2.45) is 0 Å². The van der Waals surface area contributed by atoms with Crippen molar-refractivity contribution in [3.05, 3.63) is 30.0 Å². The minimum atomic E-state index is -0.632. The third kappa shape index (κ3) is 4.50. The zero-order valence-electron chi connectivity index (χ0n) is 14.6. The number of nitrogens with one attached hydrogen (secondary N) is 2. The Morgan fingerprint density at radius 3 is 2.58 bits per heavy atom. The molecule has 1 aromatic carbocycles. The fourth-order valence-corrected chi connectivity index (χ4v) is 2.20. The van der Waals surface area contributed by atoms with E-state index in [0.29, 0.717) is 12.3 Å². The van der Waals surface area contributed by atoms with Crippen molar-refractivity contribution in [1.29, 1.82) is 0 Å². The summed E-state index contributed by atoms with van der Waals surface area (Å²) in [7, 11) is 0. The number of carbonyl (C=O) groups is 2. The molecule has 130 valence electrons. The van der Waals surface area contributed by atoms with E-state index in [4.69, 9.17) is 9.47 Å². The number of esters is 1. The van der Waals surface area contributed by atoms with Crippen LogP contribution in [0.2, 0.25) is 0 Å². The average Bonchev–Trinajstić information content (AvgIpc) is 2.85. The molecule has 0 aliphatic rings. The third-order valence-corrected chi connectivity index (χ3v) is 3.27. The highest BCUT2D eigenvalue weighted by molar-refractivity contribution is 6.10. The van der Waals surface area contributed by atoms with Gasteiger partial charge in [-0.3, -0.25) is 5.32 Å². The van der Waals surface area contributed by atoms with Crippen molar-refractivity contribution in [3.63, 3.8) is 0 Å². The van der Waals surface area contributed by atoms with Crippen LogP contribution in [0.4, 0.5) is 10.5 Å². The number of benzene rings is 1. The van der Waals surface area contributed by atoms with Gasteiger partial charge in [-0.15, -0.1) is 0 Å². The Kier molecular flexibility index (Phi) is 5.49. The summed E-state index contributed by atoms with van der Waals surface area (Å²) in [5.41, 5.74) is 0.690. The number of H-pyrrole nitrogens is 1. The van der Waals surface area contributed by atoms with E-state index in [9.17, 15) is 9.59 Å². The summed E-state index contributed by atoms with van der Waals surface area (Å²) in [6, 6.07) is 7.34. The molecule has 0 radical (unpaired) electrons. The Labute approximate surface area is 141 Å². The second kappa shape index (κ2) is 7.38. The quantitative estimate of drug-likeness (QED) is 0.625. The number of hydrogen-bond donors (Lipinski definition) is 2. The van der Waals surface area contributed by atoms with Crippen LogP contribution in [0, 0.1) is 0 Å². The predicted molar refractivity (Wildman–Crippen MR) is 93.3 cm³/mol. The Hall–Kier alpha value is -2.50. The number of unbranched alkanes of at least 4 members (excludes halogenated alkanes) is 1. The van der Waals surface area contributed by atoms with Crippen LogP contribution in [0.15, 0.2) is 24.3 Å². The van der Waals surface area contributed by atoms with Crippen molar-refractivity contribution in [2.45, 2.75) is 46.1 Å². The van der Waals surface area contributed by atoms with Crippen molar-refractivity contribution in [3.8, 4) is 0 Å². The summed E-state index contributed by atoms with van der Waals surface area (Å²) in [6.45, 7) is 7.73. The number of anilines is 1. The molecule has 0 aliphatic carbocycles. The van der Waals surface area contributed by atoms with Crippen molar-refractivity contribution in [2.75, 3.05) is 11.9 Å². The van der Waals surface area contributed by atoms with Crippen LogP contribution in [-0.2, 0) is 9.47 Å². The molecule has 6 heteroatoms. The number of hydrogen-bond acceptors (Lipinski definition) is 4. The highest BCUT2D eigenvalue weighted by Crippen LogP contribution is 2.29. The Morgan fingerprint density at radius 1 is 1.21 bits per heavy atom. The number of aromatic amines is 1. The van der Waals surface area contributed by atoms with Gasteiger partial charge in [-0.2, -0.15) is 0 Å². The zero-order valence-corrected chi connectivity index (χ0v) is 14.6. The van der Waals surface area contributed by atoms with Gasteiger partial charge in [-0.1, -0.05) is 31.5 Å². The minimum absolute atomic E-state index is 0.207. The third-order valence-electron chi connectivity index (χ3n) is 3.27. The van der Waals surface area contributed by atoms with Gasteiger partial charge in [0.1, 0.15) is 11.3 Å². The summed E-state index contributed by atoms with van der Waals surface area (Å²) in [4.78, 5) is 27.5. The van der Waals surface area contributed by atoms with Crippen LogP contribution in [0.1, 0.15) is 51.0 Å². The van der Waals surface area contributed by atoms with Crippen LogP contribution in [0.25, 0.3) is 10.9 Å². The van der Waals surface area contributed by atoms with Gasteiger partial charge in [0.25, 0.3) is 0 Å². The number of para-hydroxylation sites is 1. The molecule has 0 saturated heterocycles. The fourth-order valence-electron chi connectivity index (χ4n) is 2.20. The van der Waals surface area contributed by atoms with Gasteiger partial charge in [0.05, 0.1) is 12.3 Å². The first-order valence-electron chi connectivity index (χ1n) is 8.09. The minimum Gasteiger partial charge on any atom is -0.455 e. The first kappa shape index (κ1) is 17.8. The highest BCUT2D eigenvalue weighted by atomic mass is 16.6. The normalized spacial score (nSPS) is 11.3. The van der Waals surface area contributed by atoms with Crippen LogP contribution >= 0.6 is 0 Å². The van der Waals surface area contributed by atoms with Crippen molar-refractivity contribution >= 4 is 28.7 Å². The fraction of sp³-hybridized carbons (Fsp3) is 0.444. The molecule has 0 aliphatic heterocycles. The van der Waals surface area contributed by atoms with E-state index in [-0.39, 0.29) is 5.69 Å². The summed E-state index contributed by atoms with van der Waals surface area (Å²) < 4.78 is 10.5. The molecule has 1 heterocycles. The molecular weight excluding hydrogens is 308 g/mol. The summed E-state index contributed by atoms with van der Waals surface area (Å²) in [5, 5.41) is 3.39. The predicted octanol–water partition coefficient (Wildman–Crippen LogP) is 4.47. The van der Waals surface area contributed by atoms with Crippen molar-refractivity contribution in [1.82, 2.24) is 4.98 Å². The van der Waals surface area contributed by atoms with E-state index in [1.165, 1.54) is 0 Å². The second-order valence-corrected chi connectivity index (χ2v) is 6.54. The molecule has 0 spiro atoms. The van der Waals surface area contributed by atoms with E-state index in [1.807, 2.05) is 31.2 Å². The summed E-state index contributed by atoms with van der Waals surface area (Å²) >= 11 is 0. The summed E-state index contributed by atoms with van der Waals surface area (Å²) in [6.07, 6.45) is 1.14. The lowest BCUT2D eigenvalue weighted by molar-refractivity contribution is 0.00651. The standard InChI is InChI=1S/C18H24N2O4/c1-5-6-11-23-17(22)20-14-12-9-7-8-10-13(12)19-15(14)16(21)24-18(2,3)4/h7-10,19H,5-6,11H2,1-4H3,(H,20,22). The van der Waals surface area contributed by atoms with E-state index in [1.54, 1.807) is 20.8 Å². The van der Waals surface area contributed by atoms with Crippen LogP contribution in [0.5, 0.6) is 0 Å². The highest BCUT2D eigenvalue weighted by Gasteiger charge is 2.25. The number of fused-ring (bicyclic) bond motifs is 1. The van der Waals surface area contributed by atoms with E-state index < -0.39 is 17.7 Å². The van der Waals surface area contributed by atoms with Crippen molar-refractivity contribution < 1.29 is 19.1 Å². The molecule has 24 heavy (non-hydrogen) atoms. The maximum atomic E-state index is 12.4. The molecule has 2 aromatic rings. The first-order valence-corrected chi connectivity index (χ1v) is 8.09. The molecule has 0 fully saturated rings. The van der Waals surface area contributed by atoms with Gasteiger partial charge in [-0.05, 0) is 33.3 Å². The molecule has 0 saturated carbocycles. The Bertz CT molecular complexity index is 728. The molecule has 1 aromatic heterocycles. The molecular formula is C18H24N2O4. The van der Waals surface area contributed by atoms with E-state index in [2.05, 4.69) is 10.3 Å². The lowest BCUT2D eigenvalue weighted by atomic mass is 10.2. The van der Waals surface area contributed by atoms with Gasteiger partial charge >= 0.3 is 12.1 Å². The van der Waals surface area contributed by atoms with Gasteiger partial charge in [0.2, 0.25) is 0 Å². The van der Waals surface area contributed by atoms with Crippen LogP contribution in [-0.4, -0.2) is 29.3 Å². The maximum absolute atomic E-state index is 12.4. The average molecular weight is 332 g/mol. The van der Waals surface area contributed by atoms with Gasteiger partial charge in [-0.25, -0.2) is 9.59 Å². The first-order chi connectivity index (χ1) is 11.3. The number of rotatable bonds is 5. The molecule has 2 rings (SSSR count). The van der Waals surface area contributed by atoms with E-state index >= 15 is 0 Å². The number of ether oxygens (including phenoxy) is 2. The molecule has 0 atom stereocenters. The monoisotopic (exact) mass is 332 g/mol. The lowest BCUT2D eigenvalue weighted by Crippen LogP contribution is -2.25. The molecule has 6 nitrogen and oxygen atoms in total. The number of carbonyl (C=O) groups excluding carboxylic acids is 2. The SMILES string of the molecule is CCCCOC(=O)Nc1c(C(=O)OC(C)(C)C)[nH]c2ccccc12. The molecule has 0 unspecified atom stereocenters. The lowest BCUT2D eigenvalue weighted by Gasteiger charge is -2.19. The van der Waals surface area contributed by atoms with Crippen LogP contribution < -0.4 is 5.32 Å². The molecule has 2 N–H and O–H groups in total. The molecule has 1 amide bonds. The maximum Gasteiger partial charge on any atom is 0.411 e. The van der Waals surface area contributed by atoms with E-state index in [0.717, 1.165) is 23.7 Å². The van der Waals surface area contributed by atoms with Gasteiger partial charge in [0.15, 0.2) is 0 Å². The second-order valence-electron chi connectivity index (χ2n) is 6.54. The topological polar surface area (TPSA) is 80.4 Å². The Morgan fingerprint density at radius 2 is 1.92 bits per heavy atom. The zero-order chi connectivity index (χ0) is 17.7. The van der Waals surface area contributed by atoms with Crippen LogP contribution in [0.3, 0.4) is 0 Å². The number of amides is 1. The number of aromatic nitrogens is 1.